The number of hydrogen-bond acceptors (Lipinski definition) is 6. The van der Waals surface area contributed by atoms with E-state index in [0.717, 1.165) is 60.4 Å². The second kappa shape index (κ2) is 6.66. The van der Waals surface area contributed by atoms with Gasteiger partial charge in [-0.05, 0) is 49.5 Å². The molecule has 4 aromatic heterocycles. The minimum Gasteiger partial charge on any atom is -0.444 e. The van der Waals surface area contributed by atoms with Gasteiger partial charge in [-0.15, -0.1) is 21.5 Å². The molecule has 1 saturated heterocycles. The van der Waals surface area contributed by atoms with Gasteiger partial charge in [0.05, 0.1) is 10.6 Å². The van der Waals surface area contributed by atoms with Crippen LogP contribution < -0.4 is 0 Å². The first-order chi connectivity index (χ1) is 12.9. The topological polar surface area (TPSA) is 59.5 Å². The van der Waals surface area contributed by atoms with Crippen LogP contribution in [0.5, 0.6) is 0 Å². The van der Waals surface area contributed by atoms with Gasteiger partial charge in [-0.3, -0.25) is 9.30 Å². The van der Waals surface area contributed by atoms with Crippen LogP contribution in [-0.2, 0) is 6.54 Å². The third-order valence-corrected chi connectivity index (χ3v) is 5.82. The van der Waals surface area contributed by atoms with Gasteiger partial charge in [0.25, 0.3) is 0 Å². The fourth-order valence-electron chi connectivity index (χ4n) is 3.61. The van der Waals surface area contributed by atoms with Gasteiger partial charge >= 0.3 is 0 Å². The van der Waals surface area contributed by atoms with E-state index in [1.54, 1.807) is 17.6 Å². The van der Waals surface area contributed by atoms with E-state index in [1.807, 2.05) is 35.7 Å². The smallest absolute Gasteiger partial charge is 0.236 e. The summed E-state index contributed by atoms with van der Waals surface area (Å²) in [6.07, 6.45) is 6.02. The van der Waals surface area contributed by atoms with Crippen molar-refractivity contribution in [3.8, 4) is 10.8 Å². The fourth-order valence-corrected chi connectivity index (χ4v) is 4.27. The van der Waals surface area contributed by atoms with Gasteiger partial charge in [-0.2, -0.15) is 0 Å². The number of piperidine rings is 1. The predicted molar refractivity (Wildman–Crippen MR) is 100 cm³/mol. The second-order valence-corrected chi connectivity index (χ2v) is 7.61. The van der Waals surface area contributed by atoms with E-state index in [1.165, 1.54) is 0 Å². The van der Waals surface area contributed by atoms with Gasteiger partial charge in [-0.25, -0.2) is 4.98 Å². The maximum absolute atomic E-state index is 5.63. The van der Waals surface area contributed by atoms with Crippen molar-refractivity contribution in [2.24, 2.45) is 0 Å². The maximum Gasteiger partial charge on any atom is 0.236 e. The lowest BCUT2D eigenvalue weighted by molar-refractivity contribution is 0.199. The van der Waals surface area contributed by atoms with Crippen molar-refractivity contribution in [3.63, 3.8) is 0 Å². The van der Waals surface area contributed by atoms with Crippen LogP contribution in [0.25, 0.3) is 16.4 Å². The molecule has 0 aromatic carbocycles. The van der Waals surface area contributed by atoms with Gasteiger partial charge in [0, 0.05) is 18.7 Å². The largest absolute Gasteiger partial charge is 0.444 e. The highest BCUT2D eigenvalue weighted by Gasteiger charge is 2.25. The first-order valence-corrected chi connectivity index (χ1v) is 9.75. The summed E-state index contributed by atoms with van der Waals surface area (Å²) >= 11 is 1.65. The second-order valence-electron chi connectivity index (χ2n) is 6.66. The number of oxazole rings is 1. The summed E-state index contributed by atoms with van der Waals surface area (Å²) in [6.45, 7) is 2.91. The molecule has 0 bridgehead atoms. The maximum atomic E-state index is 5.63. The summed E-state index contributed by atoms with van der Waals surface area (Å²) in [4.78, 5) is 8.15. The number of thiophene rings is 1. The van der Waals surface area contributed by atoms with E-state index in [4.69, 9.17) is 4.42 Å². The molecule has 132 valence electrons. The Morgan fingerprint density at radius 1 is 1.12 bits per heavy atom. The SMILES string of the molecule is c1csc(-c2nc(CN3CCC(c4nnc5ccccn45)CC3)co2)c1. The molecule has 0 unspecified atom stereocenters. The third-order valence-electron chi connectivity index (χ3n) is 4.96. The molecule has 4 aromatic rings. The van der Waals surface area contributed by atoms with Crippen LogP contribution in [0.3, 0.4) is 0 Å². The van der Waals surface area contributed by atoms with E-state index in [0.29, 0.717) is 5.92 Å². The van der Waals surface area contributed by atoms with Crippen molar-refractivity contribution in [2.45, 2.75) is 25.3 Å². The number of hydrogen-bond donors (Lipinski definition) is 0. The lowest BCUT2D eigenvalue weighted by Gasteiger charge is -2.30. The quantitative estimate of drug-likeness (QED) is 0.550. The molecule has 5 rings (SSSR count). The summed E-state index contributed by atoms with van der Waals surface area (Å²) in [6, 6.07) is 10.1. The molecule has 1 aliphatic rings. The van der Waals surface area contributed by atoms with E-state index in [2.05, 4.69) is 30.7 Å². The highest BCUT2D eigenvalue weighted by molar-refractivity contribution is 7.13. The molecule has 0 atom stereocenters. The Labute approximate surface area is 155 Å². The molecule has 0 N–H and O–H groups in total. The summed E-state index contributed by atoms with van der Waals surface area (Å²) < 4.78 is 7.75. The Bertz CT molecular complexity index is 998. The van der Waals surface area contributed by atoms with Crippen molar-refractivity contribution in [2.75, 3.05) is 13.1 Å². The number of aromatic nitrogens is 4. The minimum atomic E-state index is 0.461. The zero-order valence-electron chi connectivity index (χ0n) is 14.3. The monoisotopic (exact) mass is 365 g/mol. The standard InChI is InChI=1S/C19H19N5OS/c1-2-8-24-17(5-1)21-22-18(24)14-6-9-23(10-7-14)12-15-13-25-19(20-15)16-4-3-11-26-16/h1-5,8,11,13-14H,6-7,9-10,12H2. The van der Waals surface area contributed by atoms with Crippen LogP contribution >= 0.6 is 11.3 Å². The van der Waals surface area contributed by atoms with Crippen molar-refractivity contribution in [3.05, 3.63) is 59.7 Å². The normalized spacial score (nSPS) is 16.5. The molecule has 0 saturated carbocycles. The van der Waals surface area contributed by atoms with Crippen LogP contribution in [0.2, 0.25) is 0 Å². The van der Waals surface area contributed by atoms with Gasteiger partial charge in [0.2, 0.25) is 5.89 Å². The average molecular weight is 365 g/mol. The molecular formula is C19H19N5OS. The first-order valence-electron chi connectivity index (χ1n) is 8.87. The Morgan fingerprint density at radius 3 is 2.88 bits per heavy atom. The Kier molecular flexibility index (Phi) is 4.03. The number of likely N-dealkylation sites (tertiary alicyclic amines) is 1. The van der Waals surface area contributed by atoms with Crippen molar-refractivity contribution < 1.29 is 4.42 Å². The summed E-state index contributed by atoms with van der Waals surface area (Å²) in [7, 11) is 0. The van der Waals surface area contributed by atoms with Gasteiger partial charge in [0.1, 0.15) is 12.1 Å². The number of nitrogens with zero attached hydrogens (tertiary/aromatic N) is 5. The highest BCUT2D eigenvalue weighted by atomic mass is 32.1. The number of fused-ring (bicyclic) bond motifs is 1. The van der Waals surface area contributed by atoms with Gasteiger partial charge in [-0.1, -0.05) is 12.1 Å². The van der Waals surface area contributed by atoms with E-state index >= 15 is 0 Å². The lowest BCUT2D eigenvalue weighted by atomic mass is 9.96. The molecule has 5 heterocycles. The predicted octanol–water partition coefficient (Wildman–Crippen LogP) is 3.83. The molecule has 1 aliphatic heterocycles. The van der Waals surface area contributed by atoms with E-state index in [9.17, 15) is 0 Å². The zero-order valence-corrected chi connectivity index (χ0v) is 15.1. The zero-order chi connectivity index (χ0) is 17.3. The Hall–Kier alpha value is -2.51. The van der Waals surface area contributed by atoms with Crippen molar-refractivity contribution >= 4 is 17.0 Å². The number of pyridine rings is 1. The van der Waals surface area contributed by atoms with Gasteiger partial charge in [0.15, 0.2) is 5.65 Å². The molecule has 0 amide bonds. The van der Waals surface area contributed by atoms with E-state index < -0.39 is 0 Å². The van der Waals surface area contributed by atoms with Gasteiger partial charge < -0.3 is 4.42 Å². The Balaban J connectivity index is 1.23. The van der Waals surface area contributed by atoms with Crippen LogP contribution in [-0.4, -0.2) is 37.6 Å². The average Bonchev–Trinajstić information content (AvgIpc) is 3.43. The summed E-state index contributed by atoms with van der Waals surface area (Å²) in [5.41, 5.74) is 1.92. The van der Waals surface area contributed by atoms with Crippen LogP contribution in [0.15, 0.2) is 52.6 Å². The number of rotatable bonds is 4. The van der Waals surface area contributed by atoms with E-state index in [-0.39, 0.29) is 0 Å². The molecule has 0 spiro atoms. The van der Waals surface area contributed by atoms with Crippen molar-refractivity contribution in [1.29, 1.82) is 0 Å². The molecular weight excluding hydrogens is 346 g/mol. The first kappa shape index (κ1) is 15.7. The van der Waals surface area contributed by atoms with Crippen LogP contribution in [0.1, 0.15) is 30.3 Å². The highest BCUT2D eigenvalue weighted by Crippen LogP contribution is 2.28. The Morgan fingerprint density at radius 2 is 2.04 bits per heavy atom. The summed E-state index contributed by atoms with van der Waals surface area (Å²) in [5.74, 6) is 2.27. The lowest BCUT2D eigenvalue weighted by Crippen LogP contribution is -2.33. The molecule has 0 radical (unpaired) electrons. The molecule has 1 fully saturated rings. The minimum absolute atomic E-state index is 0.461. The molecule has 7 heteroatoms. The summed E-state index contributed by atoms with van der Waals surface area (Å²) in [5, 5.41) is 10.8. The molecule has 6 nitrogen and oxygen atoms in total. The van der Waals surface area contributed by atoms with Crippen LogP contribution in [0.4, 0.5) is 0 Å². The van der Waals surface area contributed by atoms with Crippen LogP contribution in [0, 0.1) is 0 Å². The fraction of sp³-hybridized carbons (Fsp3) is 0.316. The van der Waals surface area contributed by atoms with Crippen molar-refractivity contribution in [1.82, 2.24) is 24.5 Å². The molecule has 0 aliphatic carbocycles. The molecule has 26 heavy (non-hydrogen) atoms. The third kappa shape index (κ3) is 2.93.